The smallest absolute Gasteiger partial charge is 0.260 e. The van der Waals surface area contributed by atoms with E-state index in [-0.39, 0.29) is 17.7 Å². The Morgan fingerprint density at radius 3 is 2.75 bits per heavy atom. The number of likely N-dealkylation sites (tertiary alicyclic amines) is 1. The van der Waals surface area contributed by atoms with E-state index < -0.39 is 0 Å². The van der Waals surface area contributed by atoms with Gasteiger partial charge in [-0.15, -0.1) is 16.4 Å². The number of carbonyl (C=O) groups is 2. The average molecular weight is 349 g/mol. The molecule has 24 heavy (non-hydrogen) atoms. The quantitative estimate of drug-likeness (QED) is 0.901. The van der Waals surface area contributed by atoms with Crippen molar-refractivity contribution in [1.82, 2.24) is 19.7 Å². The summed E-state index contributed by atoms with van der Waals surface area (Å²) in [5.74, 6) is 0.0784. The van der Waals surface area contributed by atoms with E-state index in [9.17, 15) is 9.59 Å². The van der Waals surface area contributed by atoms with Crippen molar-refractivity contribution < 1.29 is 14.3 Å². The number of aryl methyl sites for hydroxylation is 1. The van der Waals surface area contributed by atoms with Gasteiger partial charge in [-0.1, -0.05) is 0 Å². The van der Waals surface area contributed by atoms with Gasteiger partial charge in [-0.05, 0) is 12.8 Å². The van der Waals surface area contributed by atoms with Gasteiger partial charge >= 0.3 is 0 Å². The summed E-state index contributed by atoms with van der Waals surface area (Å²) in [6.45, 7) is 1.07. The van der Waals surface area contributed by atoms with E-state index in [1.165, 1.54) is 18.4 Å². The Kier molecular flexibility index (Phi) is 4.79. The van der Waals surface area contributed by atoms with Crippen LogP contribution in [0.2, 0.25) is 0 Å². The second kappa shape index (κ2) is 7.00. The van der Waals surface area contributed by atoms with Crippen LogP contribution in [0.25, 0.3) is 0 Å². The molecule has 0 radical (unpaired) electrons. The van der Waals surface area contributed by atoms with Crippen LogP contribution in [0.1, 0.15) is 23.2 Å². The molecule has 2 aromatic heterocycles. The van der Waals surface area contributed by atoms with Crippen LogP contribution in [0.5, 0.6) is 5.88 Å². The molecule has 1 fully saturated rings. The molecular weight excluding hydrogens is 330 g/mol. The highest BCUT2D eigenvalue weighted by Crippen LogP contribution is 2.24. The van der Waals surface area contributed by atoms with Gasteiger partial charge in [-0.2, -0.15) is 0 Å². The monoisotopic (exact) mass is 349 g/mol. The molecule has 2 amide bonds. The average Bonchev–Trinajstić information content (AvgIpc) is 3.23. The fourth-order valence-electron chi connectivity index (χ4n) is 2.77. The van der Waals surface area contributed by atoms with E-state index in [4.69, 9.17) is 4.74 Å². The van der Waals surface area contributed by atoms with Crippen LogP contribution in [0.4, 0.5) is 5.13 Å². The van der Waals surface area contributed by atoms with E-state index >= 15 is 0 Å². The summed E-state index contributed by atoms with van der Waals surface area (Å²) < 4.78 is 6.70. The van der Waals surface area contributed by atoms with E-state index in [0.717, 1.165) is 0 Å². The number of aromatic nitrogens is 3. The normalized spacial score (nSPS) is 15.3. The van der Waals surface area contributed by atoms with Crippen molar-refractivity contribution in [3.63, 3.8) is 0 Å². The highest BCUT2D eigenvalue weighted by atomic mass is 32.1. The maximum Gasteiger partial charge on any atom is 0.260 e. The summed E-state index contributed by atoms with van der Waals surface area (Å²) in [6, 6.07) is 0. The molecule has 3 heterocycles. The zero-order valence-electron chi connectivity index (χ0n) is 13.6. The molecular formula is C15H19N5O3S. The molecule has 0 unspecified atom stereocenters. The van der Waals surface area contributed by atoms with E-state index in [1.807, 2.05) is 5.38 Å². The molecule has 1 N–H and O–H groups in total. The minimum Gasteiger partial charge on any atom is -0.479 e. The van der Waals surface area contributed by atoms with Crippen LogP contribution in [0.15, 0.2) is 17.8 Å². The van der Waals surface area contributed by atoms with Crippen LogP contribution in [0.3, 0.4) is 0 Å². The molecule has 0 spiro atoms. The number of methoxy groups -OCH3 is 1. The van der Waals surface area contributed by atoms with E-state index in [1.54, 1.807) is 29.0 Å². The lowest BCUT2D eigenvalue weighted by molar-refractivity contribution is -0.121. The van der Waals surface area contributed by atoms with Crippen molar-refractivity contribution in [2.45, 2.75) is 12.8 Å². The molecule has 0 atom stereocenters. The standard InChI is InChI=1S/C15H19N5O3S/c1-19-9-11(13(18-19)23-2)14(22)20-6-3-10(4-7-20)12(21)17-15-16-5-8-24-15/h5,8-10H,3-4,6-7H2,1-2H3,(H,16,17,21). The Labute approximate surface area is 143 Å². The molecule has 0 bridgehead atoms. The van der Waals surface area contributed by atoms with Gasteiger partial charge < -0.3 is 15.0 Å². The highest BCUT2D eigenvalue weighted by Gasteiger charge is 2.30. The Bertz CT molecular complexity index is 720. The van der Waals surface area contributed by atoms with E-state index in [0.29, 0.717) is 42.5 Å². The summed E-state index contributed by atoms with van der Waals surface area (Å²) in [5, 5.41) is 9.36. The molecule has 0 aliphatic carbocycles. The predicted molar refractivity (Wildman–Crippen MR) is 89.1 cm³/mol. The van der Waals surface area contributed by atoms with Crippen LogP contribution in [-0.4, -0.2) is 51.7 Å². The van der Waals surface area contributed by atoms with Gasteiger partial charge in [0.15, 0.2) is 5.13 Å². The Balaban J connectivity index is 1.58. The summed E-state index contributed by atoms with van der Waals surface area (Å²) >= 11 is 1.39. The van der Waals surface area contributed by atoms with Crippen molar-refractivity contribution in [2.24, 2.45) is 13.0 Å². The number of hydrogen-bond acceptors (Lipinski definition) is 6. The zero-order chi connectivity index (χ0) is 17.1. The lowest BCUT2D eigenvalue weighted by Gasteiger charge is -2.31. The number of thiazole rings is 1. The lowest BCUT2D eigenvalue weighted by atomic mass is 9.95. The molecule has 1 saturated heterocycles. The maximum absolute atomic E-state index is 12.6. The van der Waals surface area contributed by atoms with Gasteiger partial charge in [-0.25, -0.2) is 4.98 Å². The van der Waals surface area contributed by atoms with Crippen molar-refractivity contribution in [2.75, 3.05) is 25.5 Å². The number of ether oxygens (including phenoxy) is 1. The fourth-order valence-corrected chi connectivity index (χ4v) is 3.31. The molecule has 3 rings (SSSR count). The summed E-state index contributed by atoms with van der Waals surface area (Å²) in [7, 11) is 3.24. The number of rotatable bonds is 4. The minimum atomic E-state index is -0.112. The first-order valence-electron chi connectivity index (χ1n) is 7.65. The lowest BCUT2D eigenvalue weighted by Crippen LogP contribution is -2.41. The van der Waals surface area contributed by atoms with Gasteiger partial charge in [0.05, 0.1) is 7.11 Å². The second-order valence-corrected chi connectivity index (χ2v) is 6.51. The van der Waals surface area contributed by atoms with Gasteiger partial charge in [0.25, 0.3) is 5.91 Å². The van der Waals surface area contributed by atoms with Crippen molar-refractivity contribution in [1.29, 1.82) is 0 Å². The minimum absolute atomic E-state index is 0.0315. The topological polar surface area (TPSA) is 89.4 Å². The second-order valence-electron chi connectivity index (χ2n) is 5.62. The van der Waals surface area contributed by atoms with Gasteiger partial charge in [0.1, 0.15) is 5.56 Å². The third-order valence-electron chi connectivity index (χ3n) is 4.03. The molecule has 2 aromatic rings. The van der Waals surface area contributed by atoms with Crippen molar-refractivity contribution in [3.8, 4) is 5.88 Å². The first-order valence-corrected chi connectivity index (χ1v) is 8.53. The largest absolute Gasteiger partial charge is 0.479 e. The molecule has 1 aliphatic rings. The first kappa shape index (κ1) is 16.4. The number of anilines is 1. The van der Waals surface area contributed by atoms with E-state index in [2.05, 4.69) is 15.4 Å². The zero-order valence-corrected chi connectivity index (χ0v) is 14.4. The Hall–Kier alpha value is -2.42. The molecule has 8 nitrogen and oxygen atoms in total. The third-order valence-corrected chi connectivity index (χ3v) is 4.72. The first-order chi connectivity index (χ1) is 11.6. The number of hydrogen-bond donors (Lipinski definition) is 1. The van der Waals surface area contributed by atoms with Crippen LogP contribution in [-0.2, 0) is 11.8 Å². The molecule has 0 aromatic carbocycles. The van der Waals surface area contributed by atoms with Crippen LogP contribution < -0.4 is 10.1 Å². The maximum atomic E-state index is 12.6. The summed E-state index contributed by atoms with van der Waals surface area (Å²) in [6.07, 6.45) is 4.57. The van der Waals surface area contributed by atoms with Gasteiger partial charge in [0, 0.05) is 43.8 Å². The number of piperidine rings is 1. The van der Waals surface area contributed by atoms with Gasteiger partial charge in [-0.3, -0.25) is 14.3 Å². The van der Waals surface area contributed by atoms with Crippen molar-refractivity contribution in [3.05, 3.63) is 23.3 Å². The third kappa shape index (κ3) is 3.40. The number of nitrogens with one attached hydrogen (secondary N) is 1. The summed E-state index contributed by atoms with van der Waals surface area (Å²) in [5.41, 5.74) is 0.450. The Morgan fingerprint density at radius 1 is 1.38 bits per heavy atom. The van der Waals surface area contributed by atoms with Crippen molar-refractivity contribution >= 4 is 28.3 Å². The van der Waals surface area contributed by atoms with Crippen LogP contribution >= 0.6 is 11.3 Å². The summed E-state index contributed by atoms with van der Waals surface area (Å²) in [4.78, 5) is 30.6. The van der Waals surface area contributed by atoms with Gasteiger partial charge in [0.2, 0.25) is 11.8 Å². The SMILES string of the molecule is COc1nn(C)cc1C(=O)N1CCC(C(=O)Nc2nccs2)CC1. The Morgan fingerprint density at radius 2 is 2.12 bits per heavy atom. The molecule has 128 valence electrons. The number of amides is 2. The number of carbonyl (C=O) groups excluding carboxylic acids is 2. The number of nitrogens with zero attached hydrogens (tertiary/aromatic N) is 4. The predicted octanol–water partition coefficient (Wildman–Crippen LogP) is 1.38. The molecule has 0 saturated carbocycles. The highest BCUT2D eigenvalue weighted by molar-refractivity contribution is 7.13. The molecule has 1 aliphatic heterocycles. The fraction of sp³-hybridized carbons (Fsp3) is 0.467. The van der Waals surface area contributed by atoms with Crippen LogP contribution in [0, 0.1) is 5.92 Å². The molecule has 9 heteroatoms.